The number of rotatable bonds is 3. The maximum absolute atomic E-state index is 9.45. The van der Waals surface area contributed by atoms with Gasteiger partial charge in [0.1, 0.15) is 0 Å². The molecular weight excluding hydrogens is 312 g/mol. The van der Waals surface area contributed by atoms with Crippen molar-refractivity contribution in [1.82, 2.24) is 0 Å². The average Bonchev–Trinajstić information content (AvgIpc) is 2.17. The molecule has 0 spiro atoms. The summed E-state index contributed by atoms with van der Waals surface area (Å²) in [7, 11) is 1.53. The fourth-order valence-electron chi connectivity index (χ4n) is 1.02. The molecule has 1 N–H and O–H groups in total. The molecule has 0 radical (unpaired) electrons. The molecule has 1 aromatic rings. The smallest absolute Gasteiger partial charge is 0.161 e. The summed E-state index contributed by atoms with van der Waals surface area (Å²) in [6.45, 7) is 0. The van der Waals surface area contributed by atoms with Gasteiger partial charge in [0.05, 0.1) is 7.11 Å². The Bertz CT molecular complexity index is 348. The minimum atomic E-state index is 0.135. The molecule has 0 aromatic heterocycles. The molecule has 0 fully saturated rings. The number of aromatic hydroxyl groups is 1. The highest BCUT2D eigenvalue weighted by atomic mass is 79.9. The fourth-order valence-corrected chi connectivity index (χ4v) is 1.67. The van der Waals surface area contributed by atoms with E-state index < -0.39 is 0 Å². The number of phenolic OH excluding ortho intramolecular Hbond substituents is 1. The Morgan fingerprint density at radius 1 is 1.50 bits per heavy atom. The summed E-state index contributed by atoms with van der Waals surface area (Å²) in [6, 6.07) is 3.39. The van der Waals surface area contributed by atoms with Crippen LogP contribution in [0.5, 0.6) is 11.5 Å². The van der Waals surface area contributed by atoms with Crippen molar-refractivity contribution in [2.45, 2.75) is 0 Å². The van der Waals surface area contributed by atoms with E-state index in [1.54, 1.807) is 12.1 Å². The maximum atomic E-state index is 9.45. The first kappa shape index (κ1) is 11.6. The zero-order valence-electron chi connectivity index (χ0n) is 7.63. The average molecular weight is 322 g/mol. The van der Waals surface area contributed by atoms with Crippen molar-refractivity contribution in [3.63, 3.8) is 0 Å². The number of benzene rings is 1. The number of hydrogen-bond acceptors (Lipinski definition) is 2. The number of methoxy groups -OCH3 is 1. The van der Waals surface area contributed by atoms with Gasteiger partial charge in [-0.25, -0.2) is 0 Å². The van der Waals surface area contributed by atoms with E-state index in [9.17, 15) is 5.11 Å². The van der Waals surface area contributed by atoms with Gasteiger partial charge in [-0.05, 0) is 17.7 Å². The van der Waals surface area contributed by atoms with Gasteiger partial charge in [0.2, 0.25) is 0 Å². The molecule has 0 aliphatic carbocycles. The zero-order valence-corrected chi connectivity index (χ0v) is 10.8. The van der Waals surface area contributed by atoms with Crippen molar-refractivity contribution in [3.8, 4) is 11.5 Å². The van der Waals surface area contributed by atoms with Crippen molar-refractivity contribution in [2.24, 2.45) is 0 Å². The van der Waals surface area contributed by atoms with E-state index >= 15 is 0 Å². The van der Waals surface area contributed by atoms with Crippen LogP contribution in [-0.2, 0) is 0 Å². The van der Waals surface area contributed by atoms with E-state index in [1.165, 1.54) is 7.11 Å². The summed E-state index contributed by atoms with van der Waals surface area (Å²) in [4.78, 5) is 0. The third kappa shape index (κ3) is 2.75. The monoisotopic (exact) mass is 320 g/mol. The van der Waals surface area contributed by atoms with E-state index in [0.717, 1.165) is 15.4 Å². The maximum Gasteiger partial charge on any atom is 0.161 e. The third-order valence-corrected chi connectivity index (χ3v) is 2.75. The lowest BCUT2D eigenvalue weighted by atomic mass is 10.2. The predicted octanol–water partition coefficient (Wildman–Crippen LogP) is 3.57. The summed E-state index contributed by atoms with van der Waals surface area (Å²) >= 11 is 6.66. The molecule has 0 aliphatic heterocycles. The summed E-state index contributed by atoms with van der Waals surface area (Å²) in [5.41, 5.74) is 0.971. The first-order chi connectivity index (χ1) is 6.69. The van der Waals surface area contributed by atoms with Gasteiger partial charge < -0.3 is 9.84 Å². The van der Waals surface area contributed by atoms with E-state index in [4.69, 9.17) is 4.74 Å². The summed E-state index contributed by atoms with van der Waals surface area (Å²) in [5, 5.41) is 10.2. The van der Waals surface area contributed by atoms with Crippen molar-refractivity contribution in [1.29, 1.82) is 0 Å². The lowest BCUT2D eigenvalue weighted by Gasteiger charge is -2.06. The van der Waals surface area contributed by atoms with Crippen LogP contribution in [0.15, 0.2) is 22.7 Å². The molecule has 14 heavy (non-hydrogen) atoms. The topological polar surface area (TPSA) is 29.5 Å². The molecule has 1 rings (SSSR count). The highest BCUT2D eigenvalue weighted by Crippen LogP contribution is 2.32. The molecule has 0 amide bonds. The fraction of sp³-hybridized carbons (Fsp3) is 0.200. The van der Waals surface area contributed by atoms with Gasteiger partial charge in [-0.1, -0.05) is 44.0 Å². The normalized spacial score (nSPS) is 10.8. The van der Waals surface area contributed by atoms with Gasteiger partial charge in [-0.15, -0.1) is 0 Å². The standard InChI is InChI=1S/C10H10Br2O2/c1-14-10-5-7(3-2-4-11)8(12)6-9(10)13/h2-3,5-6,13H,4H2,1H3. The van der Waals surface area contributed by atoms with Crippen LogP contribution < -0.4 is 4.74 Å². The quantitative estimate of drug-likeness (QED) is 0.862. The van der Waals surface area contributed by atoms with Crippen molar-refractivity contribution in [3.05, 3.63) is 28.2 Å². The van der Waals surface area contributed by atoms with Gasteiger partial charge in [-0.3, -0.25) is 0 Å². The first-order valence-electron chi connectivity index (χ1n) is 3.98. The molecule has 0 saturated heterocycles. The van der Waals surface area contributed by atoms with Gasteiger partial charge in [0.15, 0.2) is 11.5 Å². The molecule has 0 saturated carbocycles. The van der Waals surface area contributed by atoms with Crippen LogP contribution >= 0.6 is 31.9 Å². The second kappa shape index (κ2) is 5.41. The molecule has 1 aromatic carbocycles. The summed E-state index contributed by atoms with van der Waals surface area (Å²) < 4.78 is 5.84. The number of alkyl halides is 1. The molecule has 0 heterocycles. The highest BCUT2D eigenvalue weighted by Gasteiger charge is 2.05. The van der Waals surface area contributed by atoms with Crippen LogP contribution in [0, 0.1) is 0 Å². The Labute approximate surface area is 99.8 Å². The molecule has 0 aliphatic rings. The molecule has 0 bridgehead atoms. The number of phenols is 1. The number of allylic oxidation sites excluding steroid dienone is 1. The lowest BCUT2D eigenvalue weighted by Crippen LogP contribution is -1.85. The molecule has 0 unspecified atom stereocenters. The molecule has 4 heteroatoms. The van der Waals surface area contributed by atoms with E-state index in [0.29, 0.717) is 5.75 Å². The first-order valence-corrected chi connectivity index (χ1v) is 5.89. The molecule has 76 valence electrons. The SMILES string of the molecule is COc1cc(C=CCBr)c(Br)cc1O. The Balaban J connectivity index is 3.10. The van der Waals surface area contributed by atoms with Crippen molar-refractivity contribution < 1.29 is 9.84 Å². The zero-order chi connectivity index (χ0) is 10.6. The van der Waals surface area contributed by atoms with Crippen LogP contribution in [0.2, 0.25) is 0 Å². The Morgan fingerprint density at radius 2 is 2.21 bits per heavy atom. The summed E-state index contributed by atoms with van der Waals surface area (Å²) in [6.07, 6.45) is 3.91. The van der Waals surface area contributed by atoms with Crippen LogP contribution in [0.25, 0.3) is 6.08 Å². The number of halogens is 2. The Hall–Kier alpha value is -0.480. The highest BCUT2D eigenvalue weighted by molar-refractivity contribution is 9.10. The van der Waals surface area contributed by atoms with Crippen molar-refractivity contribution in [2.75, 3.05) is 12.4 Å². The van der Waals surface area contributed by atoms with E-state index in [1.807, 2.05) is 12.2 Å². The van der Waals surface area contributed by atoms with Crippen LogP contribution in [0.4, 0.5) is 0 Å². The molecule has 2 nitrogen and oxygen atoms in total. The lowest BCUT2D eigenvalue weighted by molar-refractivity contribution is 0.373. The second-order valence-corrected chi connectivity index (χ2v) is 4.10. The minimum absolute atomic E-state index is 0.135. The van der Waals surface area contributed by atoms with Gasteiger partial charge in [0.25, 0.3) is 0 Å². The van der Waals surface area contributed by atoms with Gasteiger partial charge >= 0.3 is 0 Å². The van der Waals surface area contributed by atoms with Gasteiger partial charge in [0, 0.05) is 9.80 Å². The predicted molar refractivity (Wildman–Crippen MR) is 65.2 cm³/mol. The third-order valence-electron chi connectivity index (χ3n) is 1.68. The van der Waals surface area contributed by atoms with Crippen LogP contribution in [0.3, 0.4) is 0 Å². The number of hydrogen-bond donors (Lipinski definition) is 1. The number of ether oxygens (including phenoxy) is 1. The largest absolute Gasteiger partial charge is 0.504 e. The summed E-state index contributed by atoms with van der Waals surface area (Å²) in [5.74, 6) is 0.609. The second-order valence-electron chi connectivity index (χ2n) is 2.60. The Kier molecular flexibility index (Phi) is 4.48. The Morgan fingerprint density at radius 3 is 2.79 bits per heavy atom. The van der Waals surface area contributed by atoms with E-state index in [-0.39, 0.29) is 5.75 Å². The van der Waals surface area contributed by atoms with Gasteiger partial charge in [-0.2, -0.15) is 0 Å². The minimum Gasteiger partial charge on any atom is -0.504 e. The van der Waals surface area contributed by atoms with Crippen LogP contribution in [0.1, 0.15) is 5.56 Å². The molecule has 0 atom stereocenters. The van der Waals surface area contributed by atoms with Crippen LogP contribution in [-0.4, -0.2) is 17.5 Å². The van der Waals surface area contributed by atoms with E-state index in [2.05, 4.69) is 31.9 Å². The molecular formula is C10H10Br2O2. The van der Waals surface area contributed by atoms with Crippen molar-refractivity contribution >= 4 is 37.9 Å².